The summed E-state index contributed by atoms with van der Waals surface area (Å²) in [5.41, 5.74) is 2.78. The molecule has 170 valence electrons. The van der Waals surface area contributed by atoms with E-state index in [1.807, 2.05) is 71.6 Å². The van der Waals surface area contributed by atoms with E-state index in [1.54, 1.807) is 7.11 Å². The maximum atomic E-state index is 12.2. The first-order valence-corrected chi connectivity index (χ1v) is 11.3. The van der Waals surface area contributed by atoms with Crippen molar-refractivity contribution in [3.05, 3.63) is 78.1 Å². The van der Waals surface area contributed by atoms with Crippen LogP contribution in [0.3, 0.4) is 0 Å². The maximum absolute atomic E-state index is 12.2. The highest BCUT2D eigenvalue weighted by molar-refractivity contribution is 5.71. The zero-order valence-electron chi connectivity index (χ0n) is 19.1. The molecule has 0 saturated heterocycles. The van der Waals surface area contributed by atoms with Crippen molar-refractivity contribution in [2.24, 2.45) is 0 Å². The Morgan fingerprint density at radius 3 is 2.52 bits per heavy atom. The summed E-state index contributed by atoms with van der Waals surface area (Å²) in [5.74, 6) is 7.36. The van der Waals surface area contributed by atoms with Crippen LogP contribution in [0, 0.1) is 11.8 Å². The van der Waals surface area contributed by atoms with Crippen LogP contribution in [0.2, 0.25) is 0 Å². The molecule has 0 bridgehead atoms. The molecule has 0 amide bonds. The van der Waals surface area contributed by atoms with E-state index in [2.05, 4.69) is 11.8 Å². The Hall–Kier alpha value is -3.65. The molecule has 33 heavy (non-hydrogen) atoms. The van der Waals surface area contributed by atoms with Crippen LogP contribution in [0.1, 0.15) is 49.1 Å². The number of para-hydroxylation sites is 1. The number of carbonyl (C=O) groups excluding carboxylic acids is 1. The Balaban J connectivity index is 1.68. The lowest BCUT2D eigenvalue weighted by Gasteiger charge is -2.18. The number of ether oxygens (including phenoxy) is 3. The number of methoxy groups -OCH3 is 2. The number of carbonyl (C=O) groups is 1. The largest absolute Gasteiger partial charge is 0.493 e. The average molecular weight is 444 g/mol. The molecule has 1 heterocycles. The molecule has 0 radical (unpaired) electrons. The fourth-order valence-electron chi connectivity index (χ4n) is 4.15. The summed E-state index contributed by atoms with van der Waals surface area (Å²) in [6.07, 6.45) is 8.81. The number of hydrogen-bond acceptors (Lipinski definition) is 4. The summed E-state index contributed by atoms with van der Waals surface area (Å²) in [7, 11) is 3.04. The molecule has 1 saturated carbocycles. The van der Waals surface area contributed by atoms with E-state index in [9.17, 15) is 4.79 Å². The van der Waals surface area contributed by atoms with Crippen LogP contribution in [0.5, 0.6) is 11.5 Å². The smallest absolute Gasteiger partial charge is 0.307 e. The second-order valence-electron chi connectivity index (χ2n) is 8.14. The van der Waals surface area contributed by atoms with E-state index in [1.165, 1.54) is 20.0 Å². The maximum Gasteiger partial charge on any atom is 0.307 e. The minimum Gasteiger partial charge on any atom is -0.493 e. The second kappa shape index (κ2) is 10.8. The van der Waals surface area contributed by atoms with Gasteiger partial charge in [-0.1, -0.05) is 30.0 Å². The predicted octanol–water partition coefficient (Wildman–Crippen LogP) is 5.51. The van der Waals surface area contributed by atoms with Gasteiger partial charge in [0.2, 0.25) is 0 Å². The molecule has 0 aliphatic heterocycles. The summed E-state index contributed by atoms with van der Waals surface area (Å²) in [6.45, 7) is 0. The summed E-state index contributed by atoms with van der Waals surface area (Å²) in [5, 5.41) is 0. The van der Waals surface area contributed by atoms with Crippen LogP contribution in [0.25, 0.3) is 5.69 Å². The predicted molar refractivity (Wildman–Crippen MR) is 128 cm³/mol. The first-order chi connectivity index (χ1) is 16.2. The van der Waals surface area contributed by atoms with Gasteiger partial charge in [0.15, 0.2) is 11.5 Å². The van der Waals surface area contributed by atoms with Gasteiger partial charge < -0.3 is 18.8 Å². The molecule has 1 atom stereocenters. The molecule has 0 N–H and O–H groups in total. The minimum atomic E-state index is -0.341. The lowest BCUT2D eigenvalue weighted by atomic mass is 9.95. The second-order valence-corrected chi connectivity index (χ2v) is 8.14. The van der Waals surface area contributed by atoms with E-state index < -0.39 is 0 Å². The van der Waals surface area contributed by atoms with Gasteiger partial charge in [-0.25, -0.2) is 0 Å². The van der Waals surface area contributed by atoms with Crippen molar-refractivity contribution in [2.45, 2.75) is 44.1 Å². The third kappa shape index (κ3) is 5.59. The monoisotopic (exact) mass is 443 g/mol. The van der Waals surface area contributed by atoms with Crippen molar-refractivity contribution in [1.29, 1.82) is 0 Å². The molecule has 1 aliphatic carbocycles. The molecule has 1 aliphatic rings. The fourth-order valence-corrected chi connectivity index (χ4v) is 4.15. The lowest BCUT2D eigenvalue weighted by molar-refractivity contribution is -0.140. The Morgan fingerprint density at radius 2 is 1.79 bits per heavy atom. The van der Waals surface area contributed by atoms with Gasteiger partial charge >= 0.3 is 5.97 Å². The van der Waals surface area contributed by atoms with Crippen molar-refractivity contribution >= 4 is 5.97 Å². The average Bonchev–Trinajstić information content (AvgIpc) is 3.56. The topological polar surface area (TPSA) is 49.7 Å². The van der Waals surface area contributed by atoms with E-state index >= 15 is 0 Å². The number of hydrogen-bond donors (Lipinski definition) is 0. The first kappa shape index (κ1) is 22.5. The van der Waals surface area contributed by atoms with Gasteiger partial charge in [0.1, 0.15) is 0 Å². The molecule has 4 rings (SSSR count). The van der Waals surface area contributed by atoms with Crippen molar-refractivity contribution in [2.75, 3.05) is 14.2 Å². The normalized spacial score (nSPS) is 14.2. The van der Waals surface area contributed by atoms with Crippen LogP contribution < -0.4 is 9.47 Å². The number of aromatic nitrogens is 1. The SMILES string of the molecule is COC(=O)CC(C#Cc1ccccc1-n1cccc1)c1ccc(OC)c(OC2CCCC2)c1. The van der Waals surface area contributed by atoms with Crippen LogP contribution >= 0.6 is 0 Å². The Morgan fingerprint density at radius 1 is 1.03 bits per heavy atom. The number of esters is 1. The highest BCUT2D eigenvalue weighted by atomic mass is 16.5. The van der Waals surface area contributed by atoms with Crippen molar-refractivity contribution in [3.63, 3.8) is 0 Å². The van der Waals surface area contributed by atoms with Crippen LogP contribution in [0.15, 0.2) is 67.0 Å². The molecule has 2 aromatic carbocycles. The number of nitrogens with zero attached hydrogens (tertiary/aromatic N) is 1. The van der Waals surface area contributed by atoms with Crippen molar-refractivity contribution in [3.8, 4) is 29.0 Å². The van der Waals surface area contributed by atoms with Gasteiger partial charge in [-0.3, -0.25) is 4.79 Å². The van der Waals surface area contributed by atoms with Gasteiger partial charge in [-0.15, -0.1) is 0 Å². The summed E-state index contributed by atoms with van der Waals surface area (Å²) >= 11 is 0. The van der Waals surface area contributed by atoms with Gasteiger partial charge in [0, 0.05) is 18.0 Å². The molecule has 0 spiro atoms. The van der Waals surface area contributed by atoms with Crippen LogP contribution in [-0.2, 0) is 9.53 Å². The quantitative estimate of drug-likeness (QED) is 0.357. The third-order valence-electron chi connectivity index (χ3n) is 5.95. The van der Waals surface area contributed by atoms with E-state index in [0.717, 1.165) is 29.7 Å². The minimum absolute atomic E-state index is 0.157. The van der Waals surface area contributed by atoms with E-state index in [4.69, 9.17) is 14.2 Å². The molecule has 1 fully saturated rings. The Kier molecular flexibility index (Phi) is 7.36. The Bertz CT molecular complexity index is 1130. The van der Waals surface area contributed by atoms with Crippen molar-refractivity contribution in [1.82, 2.24) is 4.57 Å². The summed E-state index contributed by atoms with van der Waals surface area (Å²) in [6, 6.07) is 17.7. The van der Waals surface area contributed by atoms with Crippen molar-refractivity contribution < 1.29 is 19.0 Å². The number of benzene rings is 2. The lowest BCUT2D eigenvalue weighted by Crippen LogP contribution is -2.12. The van der Waals surface area contributed by atoms with Crippen LogP contribution in [0.4, 0.5) is 0 Å². The zero-order chi connectivity index (χ0) is 23.0. The molecular formula is C28H29NO4. The summed E-state index contributed by atoms with van der Waals surface area (Å²) < 4.78 is 18.8. The molecule has 1 unspecified atom stereocenters. The number of rotatable bonds is 7. The van der Waals surface area contributed by atoms with Crippen LogP contribution in [-0.4, -0.2) is 30.9 Å². The third-order valence-corrected chi connectivity index (χ3v) is 5.95. The zero-order valence-corrected chi connectivity index (χ0v) is 19.1. The van der Waals surface area contributed by atoms with Gasteiger partial charge in [-0.05, 0) is 67.6 Å². The molecule has 1 aromatic heterocycles. The molecule has 3 aromatic rings. The van der Waals surface area contributed by atoms with Gasteiger partial charge in [-0.2, -0.15) is 0 Å². The highest BCUT2D eigenvalue weighted by Crippen LogP contribution is 2.35. The van der Waals surface area contributed by atoms with Gasteiger partial charge in [0.25, 0.3) is 0 Å². The Labute approximate surface area is 195 Å². The molecule has 5 nitrogen and oxygen atoms in total. The standard InChI is InChI=1S/C28H29NO4/c1-31-26-16-15-22(19-27(26)33-24-10-4-5-11-24)23(20-28(30)32-2)14-13-21-9-3-6-12-25(21)29-17-7-8-18-29/h3,6-9,12,15-19,23-24H,4-5,10-11,20H2,1-2H3. The first-order valence-electron chi connectivity index (χ1n) is 11.3. The highest BCUT2D eigenvalue weighted by Gasteiger charge is 2.21. The van der Waals surface area contributed by atoms with Gasteiger partial charge in [0.05, 0.1) is 38.3 Å². The summed E-state index contributed by atoms with van der Waals surface area (Å²) in [4.78, 5) is 12.2. The van der Waals surface area contributed by atoms with E-state index in [-0.39, 0.29) is 24.4 Å². The fraction of sp³-hybridized carbons (Fsp3) is 0.321. The molecular weight excluding hydrogens is 414 g/mol. The molecule has 5 heteroatoms. The van der Waals surface area contributed by atoms with E-state index in [0.29, 0.717) is 11.5 Å².